The molecule has 3 aliphatic carbocycles. The molecule has 0 radical (unpaired) electrons. The van der Waals surface area contributed by atoms with Crippen LogP contribution in [0.25, 0.3) is 0 Å². The molecule has 154 valence electrons. The normalized spacial score (nSPS) is 35.1. The van der Waals surface area contributed by atoms with Gasteiger partial charge < -0.3 is 14.9 Å². The molecule has 0 aromatic carbocycles. The summed E-state index contributed by atoms with van der Waals surface area (Å²) in [5, 5.41) is 22.3. The zero-order valence-corrected chi connectivity index (χ0v) is 17.5. The zero-order valence-electron chi connectivity index (χ0n) is 17.5. The number of aliphatic hydroxyl groups excluding tert-OH is 2. The van der Waals surface area contributed by atoms with E-state index >= 15 is 0 Å². The van der Waals surface area contributed by atoms with Crippen molar-refractivity contribution in [2.75, 3.05) is 0 Å². The molecular weight excluding hydrogens is 360 g/mol. The molecule has 0 aromatic rings. The summed E-state index contributed by atoms with van der Waals surface area (Å²) in [5.74, 6) is -3.05. The molecule has 0 aliphatic heterocycles. The SMILES string of the molecule is CC(=O)O[C@@H]1C2=C(C(=O)C(=O)C(C(C)C)=C2O)[C@@]2(C)CCCC(C)(C)[C@@H]2[C@@H]1O. The third-order valence-corrected chi connectivity index (χ3v) is 6.88. The van der Waals surface area contributed by atoms with Gasteiger partial charge in [-0.3, -0.25) is 14.4 Å². The van der Waals surface area contributed by atoms with Gasteiger partial charge in [-0.15, -0.1) is 0 Å². The highest BCUT2D eigenvalue weighted by molar-refractivity contribution is 6.50. The highest BCUT2D eigenvalue weighted by atomic mass is 16.6. The fraction of sp³-hybridized carbons (Fsp3) is 0.682. The second-order valence-corrected chi connectivity index (χ2v) is 9.62. The smallest absolute Gasteiger partial charge is 0.303 e. The van der Waals surface area contributed by atoms with E-state index in [9.17, 15) is 24.6 Å². The Morgan fingerprint density at radius 3 is 2.29 bits per heavy atom. The Bertz CT molecular complexity index is 815. The number of carbonyl (C=O) groups excluding carboxylic acids is 3. The van der Waals surface area contributed by atoms with Gasteiger partial charge in [-0.1, -0.05) is 41.0 Å². The van der Waals surface area contributed by atoms with Crippen LogP contribution in [0.1, 0.15) is 60.8 Å². The Balaban J connectivity index is 2.36. The van der Waals surface area contributed by atoms with Crippen LogP contribution in [0.5, 0.6) is 0 Å². The third kappa shape index (κ3) is 2.76. The molecule has 0 amide bonds. The van der Waals surface area contributed by atoms with Gasteiger partial charge >= 0.3 is 5.97 Å². The minimum atomic E-state index is -1.17. The molecule has 4 atom stereocenters. The highest BCUT2D eigenvalue weighted by Gasteiger charge is 2.62. The van der Waals surface area contributed by atoms with Crippen molar-refractivity contribution in [3.8, 4) is 0 Å². The summed E-state index contributed by atoms with van der Waals surface area (Å²) in [7, 11) is 0. The molecule has 0 bridgehead atoms. The van der Waals surface area contributed by atoms with Crippen molar-refractivity contribution in [3.63, 3.8) is 0 Å². The standard InChI is InChI=1S/C22H30O6/c1-10(2)12-15(24)13-14(17(26)16(12)25)22(6)9-7-8-21(4,5)20(22)18(27)19(13)28-11(3)23/h10,18-20,24,27H,7-9H2,1-6H3/t18-,19-,20+,22-/m1/s1. The Hall–Kier alpha value is -1.95. The average molecular weight is 390 g/mol. The lowest BCUT2D eigenvalue weighted by atomic mass is 9.47. The molecule has 0 heterocycles. The van der Waals surface area contributed by atoms with Crippen LogP contribution in [0.3, 0.4) is 0 Å². The van der Waals surface area contributed by atoms with Gasteiger partial charge in [0, 0.05) is 35.0 Å². The van der Waals surface area contributed by atoms with Crippen LogP contribution in [0.2, 0.25) is 0 Å². The minimum absolute atomic E-state index is 0.0187. The number of aliphatic hydroxyl groups is 2. The first-order valence-electron chi connectivity index (χ1n) is 9.97. The average Bonchev–Trinajstić information content (AvgIpc) is 2.53. The topological polar surface area (TPSA) is 101 Å². The summed E-state index contributed by atoms with van der Waals surface area (Å²) >= 11 is 0. The lowest BCUT2D eigenvalue weighted by molar-refractivity contribution is -0.166. The maximum Gasteiger partial charge on any atom is 0.303 e. The molecule has 0 aromatic heterocycles. The Morgan fingerprint density at radius 1 is 1.14 bits per heavy atom. The predicted octanol–water partition coefficient (Wildman–Crippen LogP) is 3.04. The molecular formula is C22H30O6. The Kier molecular flexibility index (Phi) is 4.86. The summed E-state index contributed by atoms with van der Waals surface area (Å²) in [6.45, 7) is 10.6. The summed E-state index contributed by atoms with van der Waals surface area (Å²) < 4.78 is 5.44. The number of fused-ring (bicyclic) bond motifs is 2. The van der Waals surface area contributed by atoms with E-state index in [1.807, 2.05) is 20.8 Å². The van der Waals surface area contributed by atoms with Crippen molar-refractivity contribution in [1.29, 1.82) is 0 Å². The quantitative estimate of drug-likeness (QED) is 0.427. The van der Waals surface area contributed by atoms with Crippen molar-refractivity contribution in [1.82, 2.24) is 0 Å². The Morgan fingerprint density at radius 2 is 1.75 bits per heavy atom. The van der Waals surface area contributed by atoms with Crippen molar-refractivity contribution in [2.45, 2.75) is 73.0 Å². The van der Waals surface area contributed by atoms with Crippen molar-refractivity contribution in [2.24, 2.45) is 22.7 Å². The molecule has 1 saturated carbocycles. The van der Waals surface area contributed by atoms with Crippen LogP contribution in [0, 0.1) is 22.7 Å². The molecule has 3 rings (SSSR count). The second-order valence-electron chi connectivity index (χ2n) is 9.62. The van der Waals surface area contributed by atoms with Crippen LogP contribution in [0.15, 0.2) is 22.5 Å². The number of carbonyl (C=O) groups is 3. The molecule has 0 saturated heterocycles. The summed E-state index contributed by atoms with van der Waals surface area (Å²) in [6.07, 6.45) is 0.0481. The molecule has 0 unspecified atom stereocenters. The number of Topliss-reactive ketones (excluding diaryl/α,β-unsaturated/α-hetero) is 2. The van der Waals surface area contributed by atoms with Crippen LogP contribution in [0.4, 0.5) is 0 Å². The minimum Gasteiger partial charge on any atom is -0.507 e. The number of rotatable bonds is 2. The molecule has 2 N–H and O–H groups in total. The summed E-state index contributed by atoms with van der Waals surface area (Å²) in [4.78, 5) is 37.9. The number of ketones is 2. The number of esters is 1. The van der Waals surface area contributed by atoms with Gasteiger partial charge in [-0.05, 0) is 24.2 Å². The van der Waals surface area contributed by atoms with E-state index in [0.29, 0.717) is 6.42 Å². The molecule has 3 aliphatic rings. The van der Waals surface area contributed by atoms with E-state index in [1.165, 1.54) is 6.92 Å². The predicted molar refractivity (Wildman–Crippen MR) is 102 cm³/mol. The third-order valence-electron chi connectivity index (χ3n) is 6.88. The van der Waals surface area contributed by atoms with Gasteiger partial charge in [0.15, 0.2) is 6.10 Å². The number of allylic oxidation sites excluding steroid dienone is 2. The van der Waals surface area contributed by atoms with Crippen LogP contribution in [-0.4, -0.2) is 40.0 Å². The van der Waals surface area contributed by atoms with E-state index in [1.54, 1.807) is 13.8 Å². The maximum absolute atomic E-state index is 13.3. The van der Waals surface area contributed by atoms with Crippen LogP contribution in [-0.2, 0) is 19.1 Å². The lowest BCUT2D eigenvalue weighted by Gasteiger charge is -2.58. The number of hydrogen-bond donors (Lipinski definition) is 2. The van der Waals surface area contributed by atoms with Crippen molar-refractivity contribution < 1.29 is 29.3 Å². The summed E-state index contributed by atoms with van der Waals surface area (Å²) in [5.41, 5.74) is -0.757. The molecule has 6 nitrogen and oxygen atoms in total. The number of hydrogen-bond acceptors (Lipinski definition) is 6. The maximum atomic E-state index is 13.3. The van der Waals surface area contributed by atoms with E-state index in [2.05, 4.69) is 0 Å². The largest absolute Gasteiger partial charge is 0.507 e. The first kappa shape index (κ1) is 20.8. The fourth-order valence-corrected chi connectivity index (χ4v) is 5.97. The van der Waals surface area contributed by atoms with Gasteiger partial charge in [0.05, 0.1) is 6.10 Å². The van der Waals surface area contributed by atoms with Crippen LogP contribution >= 0.6 is 0 Å². The molecule has 6 heteroatoms. The van der Waals surface area contributed by atoms with Crippen LogP contribution < -0.4 is 0 Å². The molecule has 0 spiro atoms. The van der Waals surface area contributed by atoms with Gasteiger partial charge in [0.25, 0.3) is 0 Å². The first-order chi connectivity index (χ1) is 12.8. The lowest BCUT2D eigenvalue weighted by Crippen LogP contribution is -2.60. The van der Waals surface area contributed by atoms with E-state index < -0.39 is 35.2 Å². The van der Waals surface area contributed by atoms with E-state index in [-0.39, 0.29) is 39.7 Å². The zero-order chi connectivity index (χ0) is 21.2. The first-order valence-corrected chi connectivity index (χ1v) is 9.97. The van der Waals surface area contributed by atoms with Gasteiger partial charge in [-0.2, -0.15) is 0 Å². The highest BCUT2D eigenvalue weighted by Crippen LogP contribution is 2.61. The van der Waals surface area contributed by atoms with Gasteiger partial charge in [0.2, 0.25) is 11.6 Å². The Labute approximate surface area is 165 Å². The van der Waals surface area contributed by atoms with Gasteiger partial charge in [-0.25, -0.2) is 0 Å². The molecule has 28 heavy (non-hydrogen) atoms. The van der Waals surface area contributed by atoms with Crippen molar-refractivity contribution in [3.05, 3.63) is 22.5 Å². The number of ether oxygens (including phenoxy) is 1. The monoisotopic (exact) mass is 390 g/mol. The fourth-order valence-electron chi connectivity index (χ4n) is 5.97. The van der Waals surface area contributed by atoms with Crippen molar-refractivity contribution >= 4 is 17.5 Å². The molecule has 1 fully saturated rings. The van der Waals surface area contributed by atoms with E-state index in [0.717, 1.165) is 12.8 Å². The van der Waals surface area contributed by atoms with Gasteiger partial charge in [0.1, 0.15) is 5.76 Å². The second kappa shape index (κ2) is 6.55. The van der Waals surface area contributed by atoms with E-state index in [4.69, 9.17) is 4.74 Å². The summed E-state index contributed by atoms with van der Waals surface area (Å²) in [6, 6.07) is 0.